The molecule has 1 atom stereocenters. The SMILES string of the molecule is CCOc1ccnc(C(N)=O)c1OC(C)OC(C)=O. The number of pyridine rings is 1. The molecule has 104 valence electrons. The summed E-state index contributed by atoms with van der Waals surface area (Å²) in [7, 11) is 0. The maximum absolute atomic E-state index is 11.3. The van der Waals surface area contributed by atoms with Gasteiger partial charge in [-0.3, -0.25) is 9.59 Å². The van der Waals surface area contributed by atoms with Crippen LogP contribution in [0.1, 0.15) is 31.3 Å². The number of rotatable bonds is 6. The number of nitrogens with zero attached hydrogens (tertiary/aromatic N) is 1. The molecule has 0 fully saturated rings. The van der Waals surface area contributed by atoms with Gasteiger partial charge in [0, 0.05) is 26.1 Å². The maximum atomic E-state index is 11.3. The second-order valence-corrected chi connectivity index (χ2v) is 3.58. The minimum Gasteiger partial charge on any atom is -0.490 e. The van der Waals surface area contributed by atoms with Crippen LogP contribution >= 0.6 is 0 Å². The monoisotopic (exact) mass is 268 g/mol. The van der Waals surface area contributed by atoms with Crippen LogP contribution in [0.4, 0.5) is 0 Å². The Labute approximate surface area is 110 Å². The predicted octanol–water partition coefficient (Wildman–Crippen LogP) is 0.867. The van der Waals surface area contributed by atoms with Crippen molar-refractivity contribution in [2.75, 3.05) is 6.61 Å². The van der Waals surface area contributed by atoms with Crippen LogP contribution < -0.4 is 15.2 Å². The molecule has 0 aliphatic heterocycles. The highest BCUT2D eigenvalue weighted by molar-refractivity contribution is 5.94. The third-order valence-electron chi connectivity index (χ3n) is 2.02. The molecule has 1 aromatic heterocycles. The first-order valence-corrected chi connectivity index (χ1v) is 5.71. The number of hydrogen-bond acceptors (Lipinski definition) is 6. The minimum atomic E-state index is -0.890. The Morgan fingerprint density at radius 2 is 2.16 bits per heavy atom. The third kappa shape index (κ3) is 4.13. The average Bonchev–Trinajstić information content (AvgIpc) is 2.30. The summed E-state index contributed by atoms with van der Waals surface area (Å²) in [4.78, 5) is 26.0. The number of carbonyl (C=O) groups is 2. The smallest absolute Gasteiger partial charge is 0.305 e. The molecule has 0 spiro atoms. The van der Waals surface area contributed by atoms with Crippen molar-refractivity contribution in [3.8, 4) is 11.5 Å². The lowest BCUT2D eigenvalue weighted by atomic mass is 10.3. The molecule has 1 rings (SSSR count). The number of hydrogen-bond donors (Lipinski definition) is 1. The van der Waals surface area contributed by atoms with Crippen LogP contribution in [0.2, 0.25) is 0 Å². The van der Waals surface area contributed by atoms with Crippen LogP contribution in [0.5, 0.6) is 11.5 Å². The summed E-state index contributed by atoms with van der Waals surface area (Å²) in [6.07, 6.45) is 0.494. The van der Waals surface area contributed by atoms with E-state index in [2.05, 4.69) is 4.98 Å². The fraction of sp³-hybridized carbons (Fsp3) is 0.417. The Morgan fingerprint density at radius 1 is 1.47 bits per heavy atom. The number of esters is 1. The molecule has 0 aromatic carbocycles. The lowest BCUT2D eigenvalue weighted by Gasteiger charge is -2.18. The highest BCUT2D eigenvalue weighted by Crippen LogP contribution is 2.30. The van der Waals surface area contributed by atoms with Crippen molar-refractivity contribution < 1.29 is 23.8 Å². The van der Waals surface area contributed by atoms with E-state index < -0.39 is 18.2 Å². The van der Waals surface area contributed by atoms with Crippen molar-refractivity contribution in [1.82, 2.24) is 4.98 Å². The van der Waals surface area contributed by atoms with Gasteiger partial charge in [-0.1, -0.05) is 0 Å². The van der Waals surface area contributed by atoms with E-state index in [-0.39, 0.29) is 11.4 Å². The fourth-order valence-electron chi connectivity index (χ4n) is 1.41. The lowest BCUT2D eigenvalue weighted by molar-refractivity contribution is -0.158. The summed E-state index contributed by atoms with van der Waals surface area (Å²) in [6.45, 7) is 4.92. The summed E-state index contributed by atoms with van der Waals surface area (Å²) >= 11 is 0. The number of carbonyl (C=O) groups excluding carboxylic acids is 2. The molecule has 0 saturated heterocycles. The second kappa shape index (κ2) is 6.58. The zero-order valence-corrected chi connectivity index (χ0v) is 11.0. The molecule has 19 heavy (non-hydrogen) atoms. The first-order valence-electron chi connectivity index (χ1n) is 5.71. The normalized spacial score (nSPS) is 11.5. The molecule has 1 heterocycles. The summed E-state index contributed by atoms with van der Waals surface area (Å²) < 4.78 is 15.5. The highest BCUT2D eigenvalue weighted by Gasteiger charge is 2.20. The molecule has 1 unspecified atom stereocenters. The van der Waals surface area contributed by atoms with Crippen molar-refractivity contribution >= 4 is 11.9 Å². The van der Waals surface area contributed by atoms with E-state index in [0.29, 0.717) is 12.4 Å². The zero-order chi connectivity index (χ0) is 14.4. The Kier molecular flexibility index (Phi) is 5.11. The van der Waals surface area contributed by atoms with E-state index in [1.165, 1.54) is 26.1 Å². The van der Waals surface area contributed by atoms with Crippen molar-refractivity contribution in [3.63, 3.8) is 0 Å². The van der Waals surface area contributed by atoms with Crippen LogP contribution in [0.25, 0.3) is 0 Å². The first-order chi connectivity index (χ1) is 8.95. The lowest BCUT2D eigenvalue weighted by Crippen LogP contribution is -2.23. The number of primary amides is 1. The summed E-state index contributed by atoms with van der Waals surface area (Å²) in [6, 6.07) is 1.53. The van der Waals surface area contributed by atoms with Crippen LogP contribution in [0.3, 0.4) is 0 Å². The summed E-state index contributed by atoms with van der Waals surface area (Å²) in [5.41, 5.74) is 5.13. The van der Waals surface area contributed by atoms with Crippen molar-refractivity contribution in [3.05, 3.63) is 18.0 Å². The Bertz CT molecular complexity index is 475. The summed E-state index contributed by atoms with van der Waals surface area (Å²) in [5, 5.41) is 0. The topological polar surface area (TPSA) is 101 Å². The first kappa shape index (κ1) is 14.7. The fourth-order valence-corrected chi connectivity index (χ4v) is 1.41. The maximum Gasteiger partial charge on any atom is 0.305 e. The third-order valence-corrected chi connectivity index (χ3v) is 2.02. The van der Waals surface area contributed by atoms with Gasteiger partial charge in [-0.05, 0) is 6.92 Å². The largest absolute Gasteiger partial charge is 0.490 e. The standard InChI is InChI=1S/C12H16N2O5/c1-4-17-9-5-6-14-10(12(13)16)11(9)19-8(3)18-7(2)15/h5-6,8H,4H2,1-3H3,(H2,13,16). The Balaban J connectivity index is 3.06. The molecule has 7 nitrogen and oxygen atoms in total. The summed E-state index contributed by atoms with van der Waals surface area (Å²) in [5.74, 6) is -0.891. The van der Waals surface area contributed by atoms with Gasteiger partial charge < -0.3 is 19.9 Å². The molecular weight excluding hydrogens is 252 g/mol. The number of aromatic nitrogens is 1. The average molecular weight is 268 g/mol. The molecule has 2 N–H and O–H groups in total. The van der Waals surface area contributed by atoms with Gasteiger partial charge in [-0.2, -0.15) is 0 Å². The number of amides is 1. The van der Waals surface area contributed by atoms with E-state index >= 15 is 0 Å². The second-order valence-electron chi connectivity index (χ2n) is 3.58. The molecule has 0 radical (unpaired) electrons. The van der Waals surface area contributed by atoms with E-state index in [1.807, 2.05) is 0 Å². The molecule has 1 aromatic rings. The number of nitrogens with two attached hydrogens (primary N) is 1. The van der Waals surface area contributed by atoms with E-state index in [0.717, 1.165) is 0 Å². The quantitative estimate of drug-likeness (QED) is 0.606. The van der Waals surface area contributed by atoms with Crippen molar-refractivity contribution in [2.45, 2.75) is 27.1 Å². The van der Waals surface area contributed by atoms with E-state index in [4.69, 9.17) is 19.9 Å². The van der Waals surface area contributed by atoms with Crippen LogP contribution in [-0.4, -0.2) is 29.8 Å². The molecule has 0 aliphatic rings. The van der Waals surface area contributed by atoms with Gasteiger partial charge in [0.05, 0.1) is 6.61 Å². The van der Waals surface area contributed by atoms with Gasteiger partial charge in [-0.25, -0.2) is 4.98 Å². The van der Waals surface area contributed by atoms with Crippen molar-refractivity contribution in [1.29, 1.82) is 0 Å². The highest BCUT2D eigenvalue weighted by atomic mass is 16.7. The molecule has 0 saturated carbocycles. The van der Waals surface area contributed by atoms with E-state index in [9.17, 15) is 9.59 Å². The van der Waals surface area contributed by atoms with Crippen LogP contribution in [0.15, 0.2) is 12.3 Å². The minimum absolute atomic E-state index is 0.0607. The van der Waals surface area contributed by atoms with Gasteiger partial charge in [-0.15, -0.1) is 0 Å². The predicted molar refractivity (Wildman–Crippen MR) is 65.8 cm³/mol. The van der Waals surface area contributed by atoms with E-state index in [1.54, 1.807) is 6.92 Å². The van der Waals surface area contributed by atoms with Gasteiger partial charge in [0.25, 0.3) is 5.91 Å². The van der Waals surface area contributed by atoms with Gasteiger partial charge in [0.15, 0.2) is 17.2 Å². The molecule has 7 heteroatoms. The van der Waals surface area contributed by atoms with Gasteiger partial charge in [0.1, 0.15) is 0 Å². The number of ether oxygens (including phenoxy) is 3. The van der Waals surface area contributed by atoms with Crippen LogP contribution in [0, 0.1) is 0 Å². The Morgan fingerprint density at radius 3 is 2.68 bits per heavy atom. The zero-order valence-electron chi connectivity index (χ0n) is 11.0. The molecule has 0 bridgehead atoms. The molecule has 1 amide bonds. The van der Waals surface area contributed by atoms with Gasteiger partial charge >= 0.3 is 5.97 Å². The molecule has 0 aliphatic carbocycles. The van der Waals surface area contributed by atoms with Crippen LogP contribution in [-0.2, 0) is 9.53 Å². The molecular formula is C12H16N2O5. The van der Waals surface area contributed by atoms with Gasteiger partial charge in [0.2, 0.25) is 6.29 Å². The Hall–Kier alpha value is -2.31. The van der Waals surface area contributed by atoms with Crippen molar-refractivity contribution in [2.24, 2.45) is 5.73 Å².